The molecule has 264 valence electrons. The molecule has 2 aliphatic rings. The van der Waals surface area contributed by atoms with Gasteiger partial charge in [0.15, 0.2) is 0 Å². The summed E-state index contributed by atoms with van der Waals surface area (Å²) in [6.45, 7) is 0. The van der Waals surface area contributed by atoms with Gasteiger partial charge < -0.3 is 9.13 Å². The topological polar surface area (TPSA) is 48.5 Å². The minimum Gasteiger partial charge on any atom is -0.308 e. The lowest BCUT2D eigenvalue weighted by molar-refractivity contribution is 0.794. The second kappa shape index (κ2) is 11.2. The number of benzene rings is 6. The second-order valence-corrected chi connectivity index (χ2v) is 15.2. The number of fused-ring (bicyclic) bond motifs is 16. The Balaban J connectivity index is 0.969. The average Bonchev–Trinajstić information content (AvgIpc) is 3.98. The van der Waals surface area contributed by atoms with Crippen LogP contribution in [0.2, 0.25) is 0 Å². The van der Waals surface area contributed by atoms with E-state index >= 15 is 0 Å². The quantitative estimate of drug-likeness (QED) is 0.182. The lowest BCUT2D eigenvalue weighted by Crippen LogP contribution is -2.25. The summed E-state index contributed by atoms with van der Waals surface area (Å²) in [7, 11) is 0. The summed E-state index contributed by atoms with van der Waals surface area (Å²) in [5, 5.41) is 2.21. The standard InChI is InChI=1S/C52H31N5/c1-4-12-42-36(9-1)37-10-2-5-13-43(37)52(42)44-14-6-3-11-38(44)39-29-40-49(30-45(39)52)57(47-15-7-26-54-50(40)47)35-23-19-33(20-24-35)32-17-21-34(22-18-32)56-46-25-28-53-31-41(46)51-48(56)16-8-27-55-51/h1-31H. The number of aromatic nitrogens is 5. The van der Waals surface area contributed by atoms with Crippen LogP contribution in [0.15, 0.2) is 189 Å². The second-order valence-electron chi connectivity index (χ2n) is 15.2. The first-order chi connectivity index (χ1) is 28.3. The molecule has 0 saturated heterocycles. The van der Waals surface area contributed by atoms with Crippen molar-refractivity contribution >= 4 is 43.9 Å². The van der Waals surface area contributed by atoms with Gasteiger partial charge in [-0.25, -0.2) is 0 Å². The third-order valence-corrected chi connectivity index (χ3v) is 12.5. The van der Waals surface area contributed by atoms with Gasteiger partial charge in [-0.15, -0.1) is 0 Å². The highest BCUT2D eigenvalue weighted by Gasteiger charge is 2.51. The van der Waals surface area contributed by atoms with E-state index in [-0.39, 0.29) is 0 Å². The molecule has 5 heterocycles. The minimum absolute atomic E-state index is 0.412. The monoisotopic (exact) mass is 725 g/mol. The maximum absolute atomic E-state index is 5.00. The Bertz CT molecular complexity index is 3360. The first kappa shape index (κ1) is 30.7. The molecule has 0 saturated carbocycles. The van der Waals surface area contributed by atoms with Crippen LogP contribution in [0, 0.1) is 0 Å². The summed E-state index contributed by atoms with van der Waals surface area (Å²) in [5.41, 5.74) is 21.0. The van der Waals surface area contributed by atoms with Crippen LogP contribution in [0.5, 0.6) is 0 Å². The lowest BCUT2D eigenvalue weighted by Gasteiger charge is -2.30. The van der Waals surface area contributed by atoms with Crippen molar-refractivity contribution in [2.24, 2.45) is 0 Å². The van der Waals surface area contributed by atoms with Gasteiger partial charge in [-0.05, 0) is 122 Å². The number of hydrogen-bond donors (Lipinski definition) is 0. The van der Waals surface area contributed by atoms with Gasteiger partial charge in [0.2, 0.25) is 0 Å². The molecular weight excluding hydrogens is 695 g/mol. The van der Waals surface area contributed by atoms with Crippen molar-refractivity contribution in [3.63, 3.8) is 0 Å². The van der Waals surface area contributed by atoms with Gasteiger partial charge in [0.05, 0.1) is 38.5 Å². The van der Waals surface area contributed by atoms with Crippen molar-refractivity contribution in [1.82, 2.24) is 24.1 Å². The number of hydrogen-bond acceptors (Lipinski definition) is 3. The van der Waals surface area contributed by atoms with Gasteiger partial charge in [0.1, 0.15) is 0 Å². The van der Waals surface area contributed by atoms with Crippen molar-refractivity contribution in [2.45, 2.75) is 5.41 Å². The fourth-order valence-corrected chi connectivity index (χ4v) is 10.3. The van der Waals surface area contributed by atoms with Crippen LogP contribution in [0.25, 0.3) is 88.6 Å². The van der Waals surface area contributed by atoms with Gasteiger partial charge >= 0.3 is 0 Å². The molecule has 1 spiro atoms. The molecule has 13 rings (SSSR count). The van der Waals surface area contributed by atoms with E-state index in [4.69, 9.17) is 4.98 Å². The van der Waals surface area contributed by atoms with Gasteiger partial charge in [0, 0.05) is 46.9 Å². The third-order valence-electron chi connectivity index (χ3n) is 12.5. The van der Waals surface area contributed by atoms with E-state index in [2.05, 4.69) is 171 Å². The van der Waals surface area contributed by atoms with Crippen LogP contribution in [0.1, 0.15) is 22.3 Å². The van der Waals surface area contributed by atoms with Crippen LogP contribution in [-0.2, 0) is 5.41 Å². The van der Waals surface area contributed by atoms with Crippen molar-refractivity contribution in [2.75, 3.05) is 0 Å². The molecule has 0 radical (unpaired) electrons. The van der Waals surface area contributed by atoms with Crippen LogP contribution in [0.4, 0.5) is 0 Å². The normalized spacial score (nSPS) is 13.4. The highest BCUT2D eigenvalue weighted by atomic mass is 15.0. The number of rotatable bonds is 3. The van der Waals surface area contributed by atoms with Crippen molar-refractivity contribution in [3.05, 3.63) is 211 Å². The largest absolute Gasteiger partial charge is 0.308 e. The third kappa shape index (κ3) is 3.94. The molecule has 0 unspecified atom stereocenters. The molecule has 5 heteroatoms. The first-order valence-electron chi connectivity index (χ1n) is 19.4. The van der Waals surface area contributed by atoms with E-state index in [1.807, 2.05) is 36.9 Å². The van der Waals surface area contributed by atoms with Crippen LogP contribution < -0.4 is 0 Å². The zero-order valence-electron chi connectivity index (χ0n) is 30.6. The summed E-state index contributed by atoms with van der Waals surface area (Å²) in [5.74, 6) is 0. The van der Waals surface area contributed by atoms with E-state index in [0.717, 1.165) is 66.4 Å². The molecule has 0 atom stereocenters. The van der Waals surface area contributed by atoms with Gasteiger partial charge in [-0.2, -0.15) is 0 Å². The molecule has 0 N–H and O–H groups in total. The fraction of sp³-hybridized carbons (Fsp3) is 0.0192. The predicted octanol–water partition coefficient (Wildman–Crippen LogP) is 12.1. The molecular formula is C52H31N5. The lowest BCUT2D eigenvalue weighted by atomic mass is 9.70. The van der Waals surface area contributed by atoms with Crippen LogP contribution >= 0.6 is 0 Å². The molecule has 5 nitrogen and oxygen atoms in total. The highest BCUT2D eigenvalue weighted by Crippen LogP contribution is 2.63. The van der Waals surface area contributed by atoms with Crippen molar-refractivity contribution in [3.8, 4) is 44.8 Å². The average molecular weight is 726 g/mol. The van der Waals surface area contributed by atoms with Gasteiger partial charge in [0.25, 0.3) is 0 Å². The smallest absolute Gasteiger partial charge is 0.0978 e. The molecule has 2 aliphatic carbocycles. The summed E-state index contributed by atoms with van der Waals surface area (Å²) in [6.07, 6.45) is 7.51. The van der Waals surface area contributed by atoms with Crippen LogP contribution in [0.3, 0.4) is 0 Å². The highest BCUT2D eigenvalue weighted by molar-refractivity contribution is 6.11. The molecule has 57 heavy (non-hydrogen) atoms. The molecule has 0 fully saturated rings. The van der Waals surface area contributed by atoms with E-state index in [1.165, 1.54) is 44.5 Å². The molecule has 5 aromatic heterocycles. The Kier molecular flexibility index (Phi) is 6.04. The Morgan fingerprint density at radius 2 is 0.877 bits per heavy atom. The zero-order valence-corrected chi connectivity index (χ0v) is 30.6. The predicted molar refractivity (Wildman–Crippen MR) is 230 cm³/mol. The van der Waals surface area contributed by atoms with E-state index in [0.29, 0.717) is 0 Å². The Morgan fingerprint density at radius 1 is 0.368 bits per heavy atom. The summed E-state index contributed by atoms with van der Waals surface area (Å²) in [6, 6.07) is 60.1. The number of nitrogens with zero attached hydrogens (tertiary/aromatic N) is 5. The Labute approximate surface area is 327 Å². The molecule has 0 aliphatic heterocycles. The van der Waals surface area contributed by atoms with Gasteiger partial charge in [-0.1, -0.05) is 97.1 Å². The SMILES string of the molecule is c1ccc2c(c1)-c1ccccc1C21c2ccccc2-c2cc3c4ncccc4n(-c4ccc(-c5ccc(-n6c7ccncc7c7ncccc76)cc5)cc4)c3cc21. The van der Waals surface area contributed by atoms with Crippen molar-refractivity contribution in [1.29, 1.82) is 0 Å². The van der Waals surface area contributed by atoms with Crippen molar-refractivity contribution < 1.29 is 0 Å². The van der Waals surface area contributed by atoms with E-state index in [1.54, 1.807) is 0 Å². The summed E-state index contributed by atoms with van der Waals surface area (Å²) >= 11 is 0. The molecule has 11 aromatic rings. The number of pyridine rings is 3. The fourth-order valence-electron chi connectivity index (χ4n) is 10.3. The summed E-state index contributed by atoms with van der Waals surface area (Å²) in [4.78, 5) is 14.1. The van der Waals surface area contributed by atoms with E-state index < -0.39 is 5.41 Å². The minimum atomic E-state index is -0.412. The maximum Gasteiger partial charge on any atom is 0.0978 e. The molecule has 6 aromatic carbocycles. The van der Waals surface area contributed by atoms with E-state index in [9.17, 15) is 0 Å². The zero-order chi connectivity index (χ0) is 37.2. The van der Waals surface area contributed by atoms with Gasteiger partial charge in [-0.3, -0.25) is 15.0 Å². The Morgan fingerprint density at radius 3 is 1.46 bits per heavy atom. The maximum atomic E-state index is 5.00. The summed E-state index contributed by atoms with van der Waals surface area (Å²) < 4.78 is 4.67. The first-order valence-corrected chi connectivity index (χ1v) is 19.4. The Hall–Kier alpha value is -7.63. The van der Waals surface area contributed by atoms with Crippen LogP contribution in [-0.4, -0.2) is 24.1 Å². The molecule has 0 amide bonds. The molecule has 0 bridgehead atoms.